The van der Waals surface area contributed by atoms with Crippen LogP contribution in [-0.2, 0) is 24.7 Å². The van der Waals surface area contributed by atoms with Gasteiger partial charge in [0.1, 0.15) is 17.1 Å². The van der Waals surface area contributed by atoms with E-state index in [4.69, 9.17) is 24.1 Å². The summed E-state index contributed by atoms with van der Waals surface area (Å²) in [5.41, 5.74) is 2.22. The van der Waals surface area contributed by atoms with Crippen molar-refractivity contribution in [2.24, 2.45) is 0 Å². The SMILES string of the molecule is CCC(CCOC(c1ccccc1)(c1ccc(OC)cc1)c1ccc(OC)cc1)SSCCCOC(=O)CCC(=O)O. The van der Waals surface area contributed by atoms with Crippen LogP contribution in [0.3, 0.4) is 0 Å². The molecule has 226 valence electrons. The highest BCUT2D eigenvalue weighted by molar-refractivity contribution is 8.76. The molecule has 0 aliphatic heterocycles. The van der Waals surface area contributed by atoms with E-state index in [-0.39, 0.29) is 12.8 Å². The zero-order valence-corrected chi connectivity index (χ0v) is 26.1. The van der Waals surface area contributed by atoms with E-state index in [1.165, 1.54) is 0 Å². The summed E-state index contributed by atoms with van der Waals surface area (Å²) in [7, 11) is 6.91. The van der Waals surface area contributed by atoms with Gasteiger partial charge in [0.2, 0.25) is 0 Å². The maximum absolute atomic E-state index is 11.6. The number of carboxylic acids is 1. The van der Waals surface area contributed by atoms with Gasteiger partial charge in [0.05, 0.1) is 33.7 Å². The number of methoxy groups -OCH3 is 2. The van der Waals surface area contributed by atoms with E-state index in [2.05, 4.69) is 43.3 Å². The average Bonchev–Trinajstić information content (AvgIpc) is 3.03. The van der Waals surface area contributed by atoms with E-state index in [1.54, 1.807) is 25.0 Å². The zero-order chi connectivity index (χ0) is 30.2. The quantitative estimate of drug-likeness (QED) is 0.0645. The molecule has 9 heteroatoms. The minimum Gasteiger partial charge on any atom is -0.497 e. The predicted octanol–water partition coefficient (Wildman–Crippen LogP) is 7.36. The number of carbonyl (C=O) groups is 2. The predicted molar refractivity (Wildman–Crippen MR) is 169 cm³/mol. The fraction of sp³-hybridized carbons (Fsp3) is 0.394. The van der Waals surface area contributed by atoms with E-state index in [1.807, 2.05) is 53.3 Å². The summed E-state index contributed by atoms with van der Waals surface area (Å²) in [6, 6.07) is 26.4. The van der Waals surface area contributed by atoms with E-state index in [0.717, 1.165) is 53.2 Å². The number of rotatable bonds is 19. The number of hydrogen-bond donors (Lipinski definition) is 1. The fourth-order valence-electron chi connectivity index (χ4n) is 4.47. The molecule has 1 atom stereocenters. The maximum Gasteiger partial charge on any atom is 0.306 e. The Morgan fingerprint density at radius 3 is 1.90 bits per heavy atom. The minimum atomic E-state index is -0.998. The van der Waals surface area contributed by atoms with Gasteiger partial charge in [0.25, 0.3) is 0 Å². The van der Waals surface area contributed by atoms with Crippen molar-refractivity contribution in [3.63, 3.8) is 0 Å². The Labute approximate surface area is 256 Å². The summed E-state index contributed by atoms with van der Waals surface area (Å²) in [6.07, 6.45) is 2.28. The Balaban J connectivity index is 1.69. The molecular weight excluding hydrogens is 572 g/mol. The second-order valence-corrected chi connectivity index (χ2v) is 12.3. The van der Waals surface area contributed by atoms with Crippen LogP contribution in [0.25, 0.3) is 0 Å². The first-order chi connectivity index (χ1) is 20.4. The third-order valence-corrected chi connectivity index (χ3v) is 9.93. The first kappa shape index (κ1) is 33.4. The Morgan fingerprint density at radius 2 is 1.38 bits per heavy atom. The van der Waals surface area contributed by atoms with E-state index in [9.17, 15) is 9.59 Å². The van der Waals surface area contributed by atoms with E-state index >= 15 is 0 Å². The number of carbonyl (C=O) groups excluding carboxylic acids is 1. The largest absolute Gasteiger partial charge is 0.497 e. The van der Waals surface area contributed by atoms with E-state index < -0.39 is 17.5 Å². The smallest absolute Gasteiger partial charge is 0.306 e. The number of carboxylic acid groups (broad SMARTS) is 1. The topological polar surface area (TPSA) is 91.3 Å². The van der Waals surface area contributed by atoms with Gasteiger partial charge in [-0.05, 0) is 60.2 Å². The summed E-state index contributed by atoms with van der Waals surface area (Å²) >= 11 is 0. The highest BCUT2D eigenvalue weighted by Crippen LogP contribution is 2.42. The number of esters is 1. The molecule has 0 fully saturated rings. The lowest BCUT2D eigenvalue weighted by molar-refractivity contribution is -0.147. The van der Waals surface area contributed by atoms with Crippen LogP contribution in [0.2, 0.25) is 0 Å². The van der Waals surface area contributed by atoms with Crippen LogP contribution in [0.1, 0.15) is 55.7 Å². The fourth-order valence-corrected chi connectivity index (χ4v) is 7.24. The Hall–Kier alpha value is -3.14. The van der Waals surface area contributed by atoms with Crippen molar-refractivity contribution in [2.75, 3.05) is 33.2 Å². The number of hydrogen-bond acceptors (Lipinski definition) is 8. The number of aliphatic carboxylic acids is 1. The van der Waals surface area contributed by atoms with Crippen LogP contribution in [0, 0.1) is 0 Å². The molecule has 0 heterocycles. The van der Waals surface area contributed by atoms with Gasteiger partial charge in [-0.25, -0.2) is 0 Å². The molecule has 0 aliphatic carbocycles. The van der Waals surface area contributed by atoms with Gasteiger partial charge in [-0.3, -0.25) is 9.59 Å². The van der Waals surface area contributed by atoms with Gasteiger partial charge < -0.3 is 24.1 Å². The molecule has 0 amide bonds. The molecule has 3 rings (SSSR count). The van der Waals surface area contributed by atoms with Gasteiger partial charge in [0, 0.05) is 17.6 Å². The van der Waals surface area contributed by atoms with Crippen molar-refractivity contribution in [3.8, 4) is 11.5 Å². The highest BCUT2D eigenvalue weighted by atomic mass is 33.1. The lowest BCUT2D eigenvalue weighted by Crippen LogP contribution is -2.33. The number of ether oxygens (including phenoxy) is 4. The first-order valence-corrected chi connectivity index (χ1v) is 16.4. The summed E-state index contributed by atoms with van der Waals surface area (Å²) in [4.78, 5) is 22.2. The molecule has 0 saturated carbocycles. The van der Waals surface area contributed by atoms with Crippen LogP contribution in [0.5, 0.6) is 11.5 Å². The second kappa shape index (κ2) is 17.7. The molecule has 0 radical (unpaired) electrons. The van der Waals surface area contributed by atoms with Crippen molar-refractivity contribution < 1.29 is 33.6 Å². The number of benzene rings is 3. The standard InChI is InChI=1S/C33H40O7S2/c1-4-30(42-41-24-8-22-39-32(36)20-19-31(34)35)21-23-40-33(25-9-6-5-7-10-25,26-11-15-28(37-2)16-12-26)27-13-17-29(38-3)18-14-27/h5-7,9-18,30H,4,8,19-24H2,1-3H3,(H,34,35). The molecule has 1 unspecified atom stereocenters. The van der Waals surface area contributed by atoms with Crippen molar-refractivity contribution >= 4 is 33.5 Å². The molecule has 3 aromatic carbocycles. The Bertz CT molecular complexity index is 1170. The second-order valence-electron chi connectivity index (χ2n) is 9.56. The van der Waals surface area contributed by atoms with Gasteiger partial charge in [-0.1, -0.05) is 83.1 Å². The van der Waals surface area contributed by atoms with Crippen molar-refractivity contribution in [1.29, 1.82) is 0 Å². The summed E-state index contributed by atoms with van der Waals surface area (Å²) in [5.74, 6) is 0.937. The monoisotopic (exact) mass is 612 g/mol. The maximum atomic E-state index is 11.6. The molecule has 0 saturated heterocycles. The zero-order valence-electron chi connectivity index (χ0n) is 24.5. The lowest BCUT2D eigenvalue weighted by atomic mass is 9.80. The van der Waals surface area contributed by atoms with Crippen LogP contribution in [0.4, 0.5) is 0 Å². The summed E-state index contributed by atoms with van der Waals surface area (Å²) < 4.78 is 23.0. The van der Waals surface area contributed by atoms with Crippen molar-refractivity contribution in [2.45, 2.75) is 49.9 Å². The normalized spacial score (nSPS) is 12.0. The molecule has 0 bridgehead atoms. The van der Waals surface area contributed by atoms with Crippen LogP contribution < -0.4 is 9.47 Å². The Kier molecular flexibility index (Phi) is 14.1. The summed E-state index contributed by atoms with van der Waals surface area (Å²) in [6.45, 7) is 3.02. The molecule has 0 aromatic heterocycles. The van der Waals surface area contributed by atoms with Gasteiger partial charge in [-0.2, -0.15) is 0 Å². The molecule has 1 N–H and O–H groups in total. The molecular formula is C33H40O7S2. The summed E-state index contributed by atoms with van der Waals surface area (Å²) in [5, 5.41) is 9.05. The van der Waals surface area contributed by atoms with Crippen LogP contribution in [-0.4, -0.2) is 55.5 Å². The molecule has 42 heavy (non-hydrogen) atoms. The molecule has 0 aliphatic rings. The van der Waals surface area contributed by atoms with Crippen molar-refractivity contribution in [3.05, 3.63) is 95.6 Å². The lowest BCUT2D eigenvalue weighted by Gasteiger charge is -2.36. The highest BCUT2D eigenvalue weighted by Gasteiger charge is 2.38. The third-order valence-electron chi connectivity index (χ3n) is 6.77. The average molecular weight is 613 g/mol. The van der Waals surface area contributed by atoms with Gasteiger partial charge >= 0.3 is 11.9 Å². The Morgan fingerprint density at radius 1 is 0.810 bits per heavy atom. The molecule has 3 aromatic rings. The third kappa shape index (κ3) is 9.71. The van der Waals surface area contributed by atoms with Gasteiger partial charge in [-0.15, -0.1) is 0 Å². The first-order valence-electron chi connectivity index (χ1n) is 14.1. The molecule has 7 nitrogen and oxygen atoms in total. The van der Waals surface area contributed by atoms with E-state index in [0.29, 0.717) is 18.5 Å². The van der Waals surface area contributed by atoms with Crippen LogP contribution in [0.15, 0.2) is 78.9 Å². The van der Waals surface area contributed by atoms with Crippen molar-refractivity contribution in [1.82, 2.24) is 0 Å². The molecule has 0 spiro atoms. The van der Waals surface area contributed by atoms with Crippen LogP contribution >= 0.6 is 21.6 Å². The minimum absolute atomic E-state index is 0.0906. The van der Waals surface area contributed by atoms with Gasteiger partial charge in [0.15, 0.2) is 0 Å².